The summed E-state index contributed by atoms with van der Waals surface area (Å²) in [7, 11) is -5.02. The fraction of sp³-hybridized carbons (Fsp3) is 1.00. The van der Waals surface area contributed by atoms with Gasteiger partial charge in [-0.25, -0.2) is 4.57 Å². The zero-order valence-electron chi connectivity index (χ0n) is 7.41. The molecule has 0 aromatic carbocycles. The summed E-state index contributed by atoms with van der Waals surface area (Å²) in [5, 5.41) is 44.1. The van der Waals surface area contributed by atoms with Crippen LogP contribution >= 0.6 is 7.82 Å². The van der Waals surface area contributed by atoms with Gasteiger partial charge in [-0.1, -0.05) is 0 Å². The largest absolute Gasteiger partial charge is 0.472 e. The van der Waals surface area contributed by atoms with Gasteiger partial charge in [0.1, 0.15) is 18.3 Å². The van der Waals surface area contributed by atoms with Crippen molar-refractivity contribution in [1.29, 1.82) is 0 Å². The van der Waals surface area contributed by atoms with Crippen molar-refractivity contribution >= 4 is 7.82 Å². The van der Waals surface area contributed by atoms with Crippen LogP contribution in [-0.2, 0) is 9.09 Å². The zero-order chi connectivity index (χ0) is 12.2. The summed E-state index contributed by atoms with van der Waals surface area (Å²) in [5.74, 6) is 0. The quantitative estimate of drug-likeness (QED) is 0.186. The number of phosphoric ester groups is 1. The van der Waals surface area contributed by atoms with Gasteiger partial charge >= 0.3 is 7.82 Å². The third kappa shape index (κ3) is 5.52. The Labute approximate surface area is 84.4 Å². The second-order valence-corrected chi connectivity index (χ2v) is 3.91. The predicted octanol–water partition coefficient (Wildman–Crippen LogP) is -3.51. The molecule has 0 aromatic rings. The Morgan fingerprint density at radius 1 is 1.07 bits per heavy atom. The molecule has 0 radical (unpaired) electrons. The third-order valence-electron chi connectivity index (χ3n) is 1.47. The lowest BCUT2D eigenvalue weighted by Gasteiger charge is -2.25. The van der Waals surface area contributed by atoms with Crippen molar-refractivity contribution in [2.24, 2.45) is 0 Å². The van der Waals surface area contributed by atoms with Crippen LogP contribution in [0.5, 0.6) is 0 Å². The van der Waals surface area contributed by atoms with E-state index in [-0.39, 0.29) is 0 Å². The molecule has 0 saturated heterocycles. The van der Waals surface area contributed by atoms with Crippen LogP contribution in [0.15, 0.2) is 0 Å². The van der Waals surface area contributed by atoms with Crippen molar-refractivity contribution in [3.05, 3.63) is 0 Å². The highest BCUT2D eigenvalue weighted by Crippen LogP contribution is 2.37. The minimum Gasteiger partial charge on any atom is -0.394 e. The fourth-order valence-electron chi connectivity index (χ4n) is 0.707. The summed E-state index contributed by atoms with van der Waals surface area (Å²) < 4.78 is 13.9. The van der Waals surface area contributed by atoms with Crippen molar-refractivity contribution < 1.29 is 44.4 Å². The molecule has 0 aliphatic carbocycles. The number of hydrogen-bond donors (Lipinski definition) is 7. The molecule has 0 amide bonds. The van der Waals surface area contributed by atoms with E-state index in [2.05, 4.69) is 4.52 Å². The molecule has 7 N–H and O–H groups in total. The summed E-state index contributed by atoms with van der Waals surface area (Å²) >= 11 is 0. The van der Waals surface area contributed by atoms with Crippen LogP contribution in [0.4, 0.5) is 0 Å². The Hall–Kier alpha value is -0.0900. The van der Waals surface area contributed by atoms with E-state index in [1.165, 1.54) is 0 Å². The summed E-state index contributed by atoms with van der Waals surface area (Å²) in [5.41, 5.74) is 0. The highest BCUT2D eigenvalue weighted by Gasteiger charge is 2.34. The lowest BCUT2D eigenvalue weighted by atomic mass is 10.1. The topological polar surface area (TPSA) is 168 Å². The number of aliphatic hydroxyl groups excluding tert-OH is 5. The van der Waals surface area contributed by atoms with Gasteiger partial charge in [-0.05, 0) is 0 Å². The van der Waals surface area contributed by atoms with Crippen molar-refractivity contribution in [3.63, 3.8) is 0 Å². The Morgan fingerprint density at radius 2 is 1.53 bits per heavy atom. The highest BCUT2D eigenvalue weighted by molar-refractivity contribution is 7.46. The van der Waals surface area contributed by atoms with Crippen molar-refractivity contribution in [3.8, 4) is 0 Å². The second kappa shape index (κ2) is 5.85. The maximum atomic E-state index is 10.2. The first-order valence-electron chi connectivity index (χ1n) is 3.76. The molecule has 92 valence electrons. The Morgan fingerprint density at radius 3 is 1.87 bits per heavy atom. The van der Waals surface area contributed by atoms with Crippen LogP contribution in [0.25, 0.3) is 0 Å². The molecule has 2 unspecified atom stereocenters. The lowest BCUT2D eigenvalue weighted by Crippen LogP contribution is -2.46. The number of aliphatic hydroxyl groups is 5. The molecule has 4 atom stereocenters. The van der Waals surface area contributed by atoms with E-state index < -0.39 is 39.0 Å². The highest BCUT2D eigenvalue weighted by atomic mass is 31.2. The fourth-order valence-corrected chi connectivity index (χ4v) is 1.11. The van der Waals surface area contributed by atoms with Crippen LogP contribution in [-0.4, -0.2) is 66.5 Å². The molecule has 0 fully saturated rings. The maximum Gasteiger partial charge on any atom is 0.472 e. The van der Waals surface area contributed by atoms with Crippen LogP contribution in [0.2, 0.25) is 0 Å². The summed E-state index contributed by atoms with van der Waals surface area (Å²) in [6.45, 7) is -0.902. The van der Waals surface area contributed by atoms with E-state index in [1.807, 2.05) is 0 Å². The lowest BCUT2D eigenvalue weighted by molar-refractivity contribution is -0.174. The molecule has 0 aliphatic rings. The Bertz CT molecular complexity index is 227. The van der Waals surface area contributed by atoms with Crippen LogP contribution in [0, 0.1) is 0 Å². The van der Waals surface area contributed by atoms with E-state index in [1.54, 1.807) is 0 Å². The summed E-state index contributed by atoms with van der Waals surface area (Å²) in [4.78, 5) is 16.5. The van der Waals surface area contributed by atoms with Crippen LogP contribution < -0.4 is 0 Å². The molecule has 0 saturated carbocycles. The van der Waals surface area contributed by atoms with E-state index in [0.717, 1.165) is 0 Å². The Kier molecular flexibility index (Phi) is 5.81. The Balaban J connectivity index is 4.31. The number of hydrogen-bond acceptors (Lipinski definition) is 7. The molecule has 10 heteroatoms. The first-order chi connectivity index (χ1) is 6.69. The van der Waals surface area contributed by atoms with E-state index in [9.17, 15) is 4.57 Å². The monoisotopic (exact) mass is 248 g/mol. The molecule has 0 aliphatic heterocycles. The maximum absolute atomic E-state index is 10.2. The van der Waals surface area contributed by atoms with Gasteiger partial charge in [0, 0.05) is 0 Å². The normalized spacial score (nSPS) is 20.7. The van der Waals surface area contributed by atoms with Crippen LogP contribution in [0.1, 0.15) is 0 Å². The molecule has 0 heterocycles. The molecule has 0 rings (SSSR count). The first kappa shape index (κ1) is 14.9. The zero-order valence-corrected chi connectivity index (χ0v) is 8.31. The summed E-state index contributed by atoms with van der Waals surface area (Å²) in [6.07, 6.45) is -8.33. The van der Waals surface area contributed by atoms with E-state index >= 15 is 0 Å². The smallest absolute Gasteiger partial charge is 0.394 e. The van der Waals surface area contributed by atoms with Crippen molar-refractivity contribution in [2.45, 2.75) is 24.6 Å². The van der Waals surface area contributed by atoms with Gasteiger partial charge in [-0.3, -0.25) is 4.52 Å². The van der Waals surface area contributed by atoms with Gasteiger partial charge in [0.25, 0.3) is 0 Å². The average molecular weight is 248 g/mol. The molecular weight excluding hydrogens is 235 g/mol. The number of phosphoric acid groups is 1. The van der Waals surface area contributed by atoms with Gasteiger partial charge in [-0.15, -0.1) is 0 Å². The molecule has 15 heavy (non-hydrogen) atoms. The van der Waals surface area contributed by atoms with Gasteiger partial charge in [0.05, 0.1) is 6.61 Å². The average Bonchev–Trinajstić information content (AvgIpc) is 2.11. The molecule has 9 nitrogen and oxygen atoms in total. The van der Waals surface area contributed by atoms with E-state index in [4.69, 9.17) is 35.3 Å². The van der Waals surface area contributed by atoms with E-state index in [0.29, 0.717) is 0 Å². The van der Waals surface area contributed by atoms with Crippen molar-refractivity contribution in [2.75, 3.05) is 6.61 Å². The molecule has 0 aromatic heterocycles. The minimum absolute atomic E-state index is 0.902. The van der Waals surface area contributed by atoms with Gasteiger partial charge in [-0.2, -0.15) is 0 Å². The minimum atomic E-state index is -5.02. The second-order valence-electron chi connectivity index (χ2n) is 2.72. The van der Waals surface area contributed by atoms with Crippen molar-refractivity contribution in [1.82, 2.24) is 0 Å². The first-order valence-corrected chi connectivity index (χ1v) is 5.29. The molecule has 0 bridgehead atoms. The van der Waals surface area contributed by atoms with Crippen LogP contribution in [0.3, 0.4) is 0 Å². The van der Waals surface area contributed by atoms with Gasteiger partial charge < -0.3 is 35.3 Å². The third-order valence-corrected chi connectivity index (χ3v) is 1.96. The molecule has 0 spiro atoms. The standard InChI is InChI=1S/C5H13O9P/c6-1-2(7)3(8)4(9)5(10)14-15(11,12)13/h2-10H,1H2,(H2,11,12,13)/t2-,3?,4-,5?/m0/s1. The number of rotatable bonds is 6. The predicted molar refractivity (Wildman–Crippen MR) is 44.2 cm³/mol. The molecular formula is C5H13O9P. The SMILES string of the molecule is O=P(O)(O)OC(O)[C@@H](O)C(O)[C@@H](O)CO. The van der Waals surface area contributed by atoms with Gasteiger partial charge in [0.2, 0.25) is 0 Å². The van der Waals surface area contributed by atoms with Gasteiger partial charge in [0.15, 0.2) is 6.29 Å². The summed E-state index contributed by atoms with van der Waals surface area (Å²) in [6, 6.07) is 0.